The highest BCUT2D eigenvalue weighted by molar-refractivity contribution is 7.89. The van der Waals surface area contributed by atoms with E-state index in [1.807, 2.05) is 13.8 Å². The van der Waals surface area contributed by atoms with Gasteiger partial charge >= 0.3 is 0 Å². The minimum atomic E-state index is -3.39. The summed E-state index contributed by atoms with van der Waals surface area (Å²) in [5.41, 5.74) is 0. The van der Waals surface area contributed by atoms with E-state index in [0.29, 0.717) is 36.9 Å². The van der Waals surface area contributed by atoms with Crippen LogP contribution in [0, 0.1) is 0 Å². The van der Waals surface area contributed by atoms with Gasteiger partial charge in [-0.3, -0.25) is 0 Å². The Morgan fingerprint density at radius 3 is 2.65 bits per heavy atom. The molecule has 112 valence electrons. The first-order valence-electron chi connectivity index (χ1n) is 7.00. The van der Waals surface area contributed by atoms with Crippen molar-refractivity contribution in [2.75, 3.05) is 26.2 Å². The number of nitrogens with one attached hydrogen (secondary N) is 1. The Morgan fingerprint density at radius 1 is 1.35 bits per heavy atom. The van der Waals surface area contributed by atoms with Gasteiger partial charge in [-0.05, 0) is 37.6 Å². The van der Waals surface area contributed by atoms with E-state index in [9.17, 15) is 8.42 Å². The molecule has 1 aliphatic rings. The zero-order valence-electron chi connectivity index (χ0n) is 12.0. The molecule has 1 aromatic rings. The molecule has 0 aromatic heterocycles. The highest BCUT2D eigenvalue weighted by Gasteiger charge is 2.28. The maximum atomic E-state index is 12.5. The monoisotopic (exact) mass is 298 g/mol. The van der Waals surface area contributed by atoms with Crippen molar-refractivity contribution in [1.82, 2.24) is 9.62 Å². The third kappa shape index (κ3) is 3.50. The molecular weight excluding hydrogens is 276 g/mol. The molecule has 0 radical (unpaired) electrons. The first-order valence-corrected chi connectivity index (χ1v) is 8.44. The van der Waals surface area contributed by atoms with Crippen molar-refractivity contribution in [3.8, 4) is 5.75 Å². The fourth-order valence-corrected chi connectivity index (χ4v) is 3.72. The molecule has 1 heterocycles. The summed E-state index contributed by atoms with van der Waals surface area (Å²) in [7, 11) is -3.39. The zero-order chi connectivity index (χ0) is 14.6. The van der Waals surface area contributed by atoms with Crippen LogP contribution < -0.4 is 10.1 Å². The summed E-state index contributed by atoms with van der Waals surface area (Å²) >= 11 is 0. The van der Waals surface area contributed by atoms with E-state index in [1.165, 1.54) is 4.31 Å². The lowest BCUT2D eigenvalue weighted by molar-refractivity contribution is 0.309. The van der Waals surface area contributed by atoms with Crippen molar-refractivity contribution in [3.05, 3.63) is 24.3 Å². The Kier molecular flexibility index (Phi) is 5.01. The number of nitrogens with zero attached hydrogens (tertiary/aromatic N) is 1. The van der Waals surface area contributed by atoms with Gasteiger partial charge in [-0.2, -0.15) is 4.31 Å². The van der Waals surface area contributed by atoms with Crippen molar-refractivity contribution in [2.24, 2.45) is 0 Å². The highest BCUT2D eigenvalue weighted by Crippen LogP contribution is 2.20. The Labute approximate surface area is 121 Å². The summed E-state index contributed by atoms with van der Waals surface area (Å²) in [4.78, 5) is 0.329. The van der Waals surface area contributed by atoms with Crippen molar-refractivity contribution in [2.45, 2.75) is 31.2 Å². The van der Waals surface area contributed by atoms with Crippen molar-refractivity contribution < 1.29 is 13.2 Å². The second-order valence-electron chi connectivity index (χ2n) is 5.04. The lowest BCUT2D eigenvalue weighted by Crippen LogP contribution is -2.51. The molecule has 6 heteroatoms. The van der Waals surface area contributed by atoms with Crippen LogP contribution in [0.15, 0.2) is 29.2 Å². The molecule has 0 spiro atoms. The zero-order valence-corrected chi connectivity index (χ0v) is 12.8. The third-order valence-corrected chi connectivity index (χ3v) is 5.15. The fourth-order valence-electron chi connectivity index (χ4n) is 2.19. The van der Waals surface area contributed by atoms with Gasteiger partial charge in [-0.25, -0.2) is 8.42 Å². The lowest BCUT2D eigenvalue weighted by Gasteiger charge is -2.31. The predicted molar refractivity (Wildman–Crippen MR) is 78.5 cm³/mol. The molecule has 1 fully saturated rings. The smallest absolute Gasteiger partial charge is 0.243 e. The van der Waals surface area contributed by atoms with Gasteiger partial charge in [0.25, 0.3) is 0 Å². The van der Waals surface area contributed by atoms with E-state index in [4.69, 9.17) is 4.74 Å². The second kappa shape index (κ2) is 6.56. The Bertz CT molecular complexity index is 528. The van der Waals surface area contributed by atoms with Crippen LogP contribution >= 0.6 is 0 Å². The van der Waals surface area contributed by atoms with Crippen LogP contribution in [-0.2, 0) is 10.0 Å². The quantitative estimate of drug-likeness (QED) is 0.894. The molecule has 0 saturated carbocycles. The minimum Gasteiger partial charge on any atom is -0.494 e. The largest absolute Gasteiger partial charge is 0.494 e. The van der Waals surface area contributed by atoms with E-state index >= 15 is 0 Å². The topological polar surface area (TPSA) is 58.6 Å². The molecule has 1 aromatic carbocycles. The standard InChI is InChI=1S/C14H22N2O3S/c1-3-10-19-13-4-6-14(7-5-13)20(17,18)16-9-8-15-12(2)11-16/h4-7,12,15H,3,8-11H2,1-2H3. The van der Waals surface area contributed by atoms with E-state index in [0.717, 1.165) is 6.42 Å². The molecule has 1 atom stereocenters. The number of ether oxygens (including phenoxy) is 1. The summed E-state index contributed by atoms with van der Waals surface area (Å²) < 4.78 is 32.0. The second-order valence-corrected chi connectivity index (χ2v) is 6.98. The summed E-state index contributed by atoms with van der Waals surface area (Å²) in [6, 6.07) is 6.85. The number of benzene rings is 1. The van der Waals surface area contributed by atoms with E-state index in [2.05, 4.69) is 5.32 Å². The van der Waals surface area contributed by atoms with Crippen LogP contribution in [0.1, 0.15) is 20.3 Å². The Balaban J connectivity index is 2.12. The van der Waals surface area contributed by atoms with Crippen LogP contribution in [0.3, 0.4) is 0 Å². The summed E-state index contributed by atoms with van der Waals surface area (Å²) in [5, 5.41) is 3.24. The predicted octanol–water partition coefficient (Wildman–Crippen LogP) is 1.46. The average Bonchev–Trinajstić information content (AvgIpc) is 2.45. The minimum absolute atomic E-state index is 0.186. The third-order valence-electron chi connectivity index (χ3n) is 3.27. The van der Waals surface area contributed by atoms with Gasteiger partial charge < -0.3 is 10.1 Å². The first kappa shape index (κ1) is 15.3. The fraction of sp³-hybridized carbons (Fsp3) is 0.571. The number of sulfonamides is 1. The van der Waals surface area contributed by atoms with E-state index in [-0.39, 0.29) is 6.04 Å². The van der Waals surface area contributed by atoms with Gasteiger partial charge in [-0.1, -0.05) is 6.92 Å². The number of hydrogen-bond donors (Lipinski definition) is 1. The van der Waals surface area contributed by atoms with E-state index < -0.39 is 10.0 Å². The molecule has 0 aliphatic carbocycles. The van der Waals surface area contributed by atoms with Gasteiger partial charge in [0.15, 0.2) is 0 Å². The number of rotatable bonds is 5. The van der Waals surface area contributed by atoms with Gasteiger partial charge in [0.05, 0.1) is 11.5 Å². The van der Waals surface area contributed by atoms with E-state index in [1.54, 1.807) is 24.3 Å². The Morgan fingerprint density at radius 2 is 2.05 bits per heavy atom. The average molecular weight is 298 g/mol. The van der Waals surface area contributed by atoms with Crippen LogP contribution in [0.2, 0.25) is 0 Å². The van der Waals surface area contributed by atoms with Crippen molar-refractivity contribution in [3.63, 3.8) is 0 Å². The Hall–Kier alpha value is -1.11. The first-order chi connectivity index (χ1) is 9.54. The molecule has 0 bridgehead atoms. The molecular formula is C14H22N2O3S. The molecule has 1 N–H and O–H groups in total. The molecule has 1 unspecified atom stereocenters. The van der Waals surface area contributed by atoms with Crippen molar-refractivity contribution >= 4 is 10.0 Å². The maximum Gasteiger partial charge on any atom is 0.243 e. The van der Waals surface area contributed by atoms with Crippen LogP contribution in [-0.4, -0.2) is 45.0 Å². The number of piperazine rings is 1. The molecule has 2 rings (SSSR count). The molecule has 1 aliphatic heterocycles. The van der Waals surface area contributed by atoms with Crippen LogP contribution in [0.4, 0.5) is 0 Å². The van der Waals surface area contributed by atoms with Crippen LogP contribution in [0.5, 0.6) is 5.75 Å². The van der Waals surface area contributed by atoms with Crippen molar-refractivity contribution in [1.29, 1.82) is 0 Å². The SMILES string of the molecule is CCCOc1ccc(S(=O)(=O)N2CCNC(C)C2)cc1. The molecule has 0 amide bonds. The summed E-state index contributed by atoms with van der Waals surface area (Å²) in [6.45, 7) is 6.38. The summed E-state index contributed by atoms with van der Waals surface area (Å²) in [6.07, 6.45) is 0.929. The molecule has 20 heavy (non-hydrogen) atoms. The molecule has 1 saturated heterocycles. The normalized spacial score (nSPS) is 20.8. The van der Waals surface area contributed by atoms with Gasteiger partial charge in [0, 0.05) is 25.7 Å². The molecule has 5 nitrogen and oxygen atoms in total. The maximum absolute atomic E-state index is 12.5. The van der Waals surface area contributed by atoms with Crippen LogP contribution in [0.25, 0.3) is 0 Å². The lowest BCUT2D eigenvalue weighted by atomic mass is 10.3. The van der Waals surface area contributed by atoms with Gasteiger partial charge in [-0.15, -0.1) is 0 Å². The van der Waals surface area contributed by atoms with Gasteiger partial charge in [0.2, 0.25) is 10.0 Å². The highest BCUT2D eigenvalue weighted by atomic mass is 32.2. The summed E-state index contributed by atoms with van der Waals surface area (Å²) in [5.74, 6) is 0.708. The number of hydrogen-bond acceptors (Lipinski definition) is 4. The van der Waals surface area contributed by atoms with Gasteiger partial charge in [0.1, 0.15) is 5.75 Å².